The third kappa shape index (κ3) is 5.20. The summed E-state index contributed by atoms with van der Waals surface area (Å²) in [4.78, 5) is 52.8. The summed E-state index contributed by atoms with van der Waals surface area (Å²) in [6, 6.07) is 4.56. The van der Waals surface area contributed by atoms with Gasteiger partial charge < -0.3 is 10.1 Å². The van der Waals surface area contributed by atoms with Crippen LogP contribution in [0.3, 0.4) is 0 Å². The van der Waals surface area contributed by atoms with Crippen molar-refractivity contribution in [2.75, 3.05) is 19.0 Å². The first-order valence-corrected chi connectivity index (χ1v) is 8.99. The number of hydrogen-bond acceptors (Lipinski definition) is 7. The fraction of sp³-hybridized carbons (Fsp3) is 0.278. The van der Waals surface area contributed by atoms with E-state index < -0.39 is 17.9 Å². The van der Waals surface area contributed by atoms with Crippen molar-refractivity contribution < 1.29 is 23.9 Å². The Morgan fingerprint density at radius 3 is 2.67 bits per heavy atom. The van der Waals surface area contributed by atoms with E-state index in [4.69, 9.17) is 4.74 Å². The molecular formula is C18H19N3O5S. The Kier molecular flexibility index (Phi) is 6.78. The number of amides is 3. The molecule has 0 saturated heterocycles. The molecule has 0 unspecified atom stereocenters. The second kappa shape index (κ2) is 9.04. The minimum atomic E-state index is -0.769. The molecule has 0 radical (unpaired) electrons. The molecule has 9 heteroatoms. The van der Waals surface area contributed by atoms with Gasteiger partial charge in [-0.3, -0.25) is 19.4 Å². The van der Waals surface area contributed by atoms with Gasteiger partial charge in [-0.05, 0) is 37.4 Å². The van der Waals surface area contributed by atoms with Crippen LogP contribution >= 0.6 is 11.3 Å². The number of pyridine rings is 1. The number of rotatable bonds is 6. The monoisotopic (exact) mass is 389 g/mol. The van der Waals surface area contributed by atoms with Crippen LogP contribution in [0.4, 0.5) is 9.80 Å². The van der Waals surface area contributed by atoms with Gasteiger partial charge in [0.05, 0.1) is 12.2 Å². The number of carbonyl (C=O) groups is 4. The minimum Gasteiger partial charge on any atom is -0.449 e. The van der Waals surface area contributed by atoms with E-state index in [1.807, 2.05) is 0 Å². The first kappa shape index (κ1) is 20.2. The molecule has 2 heterocycles. The van der Waals surface area contributed by atoms with Crippen molar-refractivity contribution in [2.24, 2.45) is 0 Å². The fourth-order valence-corrected chi connectivity index (χ4v) is 2.98. The Labute approximate surface area is 160 Å². The second-order valence-electron chi connectivity index (χ2n) is 5.60. The summed E-state index contributed by atoms with van der Waals surface area (Å²) in [7, 11) is 1.31. The van der Waals surface area contributed by atoms with Crippen molar-refractivity contribution in [2.45, 2.75) is 20.3 Å². The lowest BCUT2D eigenvalue weighted by Gasteiger charge is -2.15. The molecule has 3 amide bonds. The summed E-state index contributed by atoms with van der Waals surface area (Å²) in [5.74, 6) is -1.09. The molecule has 1 N–H and O–H groups in total. The number of carbonyl (C=O) groups excluding carboxylic acids is 4. The van der Waals surface area contributed by atoms with Crippen LogP contribution in [0.5, 0.6) is 0 Å². The van der Waals surface area contributed by atoms with E-state index in [-0.39, 0.29) is 24.4 Å². The molecule has 0 atom stereocenters. The third-order valence-electron chi connectivity index (χ3n) is 3.48. The van der Waals surface area contributed by atoms with Crippen LogP contribution in [0.25, 0.3) is 0 Å². The maximum absolute atomic E-state index is 12.5. The second-order valence-corrected chi connectivity index (χ2v) is 6.51. The number of Topliss-reactive ketones (excluding diaryl/α,β-unsaturated/α-hetero) is 1. The molecule has 2 aromatic rings. The summed E-state index contributed by atoms with van der Waals surface area (Å²) in [6.07, 6.45) is 0.810. The third-order valence-corrected chi connectivity index (χ3v) is 4.31. The van der Waals surface area contributed by atoms with E-state index in [1.54, 1.807) is 12.3 Å². The van der Waals surface area contributed by atoms with E-state index in [0.29, 0.717) is 16.3 Å². The molecule has 0 bridgehead atoms. The summed E-state index contributed by atoms with van der Waals surface area (Å²) < 4.78 is 4.81. The van der Waals surface area contributed by atoms with Crippen molar-refractivity contribution in [3.8, 4) is 0 Å². The number of thiophene rings is 1. The average Bonchev–Trinajstić information content (AvgIpc) is 3.08. The normalized spacial score (nSPS) is 10.2. The van der Waals surface area contributed by atoms with Gasteiger partial charge in [0, 0.05) is 30.9 Å². The van der Waals surface area contributed by atoms with Crippen molar-refractivity contribution in [3.05, 3.63) is 46.6 Å². The summed E-state index contributed by atoms with van der Waals surface area (Å²) in [5, 5.41) is 4.61. The van der Waals surface area contributed by atoms with Gasteiger partial charge in [0.2, 0.25) is 0 Å². The molecule has 0 spiro atoms. The molecule has 0 aliphatic carbocycles. The van der Waals surface area contributed by atoms with Crippen molar-refractivity contribution in [3.63, 3.8) is 0 Å². The highest BCUT2D eigenvalue weighted by molar-refractivity contribution is 7.14. The SMILES string of the molecule is CCOC(=O)N(C)C(=O)c1ccsc1NC(=O)c1ccnc(CC(C)=O)c1. The zero-order valence-corrected chi connectivity index (χ0v) is 16.0. The van der Waals surface area contributed by atoms with Crippen molar-refractivity contribution in [1.82, 2.24) is 9.88 Å². The van der Waals surface area contributed by atoms with E-state index in [2.05, 4.69) is 10.3 Å². The number of hydrogen-bond donors (Lipinski definition) is 1. The topological polar surface area (TPSA) is 106 Å². The number of ketones is 1. The highest BCUT2D eigenvalue weighted by Gasteiger charge is 2.24. The highest BCUT2D eigenvalue weighted by Crippen LogP contribution is 2.25. The lowest BCUT2D eigenvalue weighted by molar-refractivity contribution is -0.116. The largest absolute Gasteiger partial charge is 0.449 e. The first-order chi connectivity index (χ1) is 12.8. The smallest absolute Gasteiger partial charge is 0.416 e. The van der Waals surface area contributed by atoms with Crippen LogP contribution in [0.2, 0.25) is 0 Å². The lowest BCUT2D eigenvalue weighted by Crippen LogP contribution is -2.34. The number of nitrogens with zero attached hydrogens (tertiary/aromatic N) is 2. The number of anilines is 1. The van der Waals surface area contributed by atoms with E-state index >= 15 is 0 Å². The molecule has 0 aromatic carbocycles. The molecule has 0 saturated carbocycles. The summed E-state index contributed by atoms with van der Waals surface area (Å²) in [6.45, 7) is 3.23. The standard InChI is InChI=1S/C18H19N3O5S/c1-4-26-18(25)21(3)17(24)14-6-8-27-16(14)20-15(23)12-5-7-19-13(10-12)9-11(2)22/h5-8,10H,4,9H2,1-3H3,(H,20,23). The van der Waals surface area contributed by atoms with Gasteiger partial charge in [0.15, 0.2) is 0 Å². The lowest BCUT2D eigenvalue weighted by atomic mass is 10.1. The Bertz CT molecular complexity index is 877. The van der Waals surface area contributed by atoms with Crippen LogP contribution in [0.15, 0.2) is 29.8 Å². The number of imide groups is 1. The van der Waals surface area contributed by atoms with Gasteiger partial charge >= 0.3 is 6.09 Å². The molecule has 2 rings (SSSR count). The molecule has 0 aliphatic rings. The summed E-state index contributed by atoms with van der Waals surface area (Å²) in [5.41, 5.74) is 0.980. The zero-order valence-electron chi connectivity index (χ0n) is 15.1. The van der Waals surface area contributed by atoms with Crippen molar-refractivity contribution in [1.29, 1.82) is 0 Å². The Balaban J connectivity index is 2.16. The number of nitrogens with one attached hydrogen (secondary N) is 1. The predicted molar refractivity (Wildman–Crippen MR) is 100 cm³/mol. The minimum absolute atomic E-state index is 0.0619. The van der Waals surface area contributed by atoms with Gasteiger partial charge in [0.1, 0.15) is 10.8 Å². The van der Waals surface area contributed by atoms with E-state index in [9.17, 15) is 19.2 Å². The predicted octanol–water partition coefficient (Wildman–Crippen LogP) is 2.76. The molecule has 27 heavy (non-hydrogen) atoms. The number of ether oxygens (including phenoxy) is 1. The zero-order chi connectivity index (χ0) is 20.0. The van der Waals surface area contributed by atoms with Crippen LogP contribution in [0, 0.1) is 0 Å². The van der Waals surface area contributed by atoms with Crippen LogP contribution in [-0.4, -0.2) is 47.2 Å². The van der Waals surface area contributed by atoms with Gasteiger partial charge in [-0.1, -0.05) is 0 Å². The van der Waals surface area contributed by atoms with Crippen LogP contribution in [0.1, 0.15) is 40.3 Å². The molecule has 0 fully saturated rings. The Morgan fingerprint density at radius 2 is 2.00 bits per heavy atom. The molecule has 142 valence electrons. The molecule has 0 aliphatic heterocycles. The van der Waals surface area contributed by atoms with Gasteiger partial charge in [-0.2, -0.15) is 0 Å². The van der Waals surface area contributed by atoms with Crippen LogP contribution < -0.4 is 5.32 Å². The maximum atomic E-state index is 12.5. The number of aromatic nitrogens is 1. The van der Waals surface area contributed by atoms with Gasteiger partial charge in [-0.25, -0.2) is 9.69 Å². The summed E-state index contributed by atoms with van der Waals surface area (Å²) >= 11 is 1.16. The van der Waals surface area contributed by atoms with Gasteiger partial charge in [0.25, 0.3) is 11.8 Å². The van der Waals surface area contributed by atoms with E-state index in [0.717, 1.165) is 16.2 Å². The average molecular weight is 389 g/mol. The maximum Gasteiger partial charge on any atom is 0.416 e. The van der Waals surface area contributed by atoms with E-state index in [1.165, 1.54) is 38.4 Å². The highest BCUT2D eigenvalue weighted by atomic mass is 32.1. The van der Waals surface area contributed by atoms with Crippen molar-refractivity contribution >= 4 is 40.0 Å². The molecular weight excluding hydrogens is 370 g/mol. The first-order valence-electron chi connectivity index (χ1n) is 8.11. The fourth-order valence-electron chi connectivity index (χ4n) is 2.20. The van der Waals surface area contributed by atoms with Gasteiger partial charge in [-0.15, -0.1) is 11.3 Å². The Hall–Kier alpha value is -3.07. The molecule has 2 aromatic heterocycles. The van der Waals surface area contributed by atoms with Crippen LogP contribution in [-0.2, 0) is 16.0 Å². The Morgan fingerprint density at radius 1 is 1.26 bits per heavy atom. The quantitative estimate of drug-likeness (QED) is 0.814. The molecule has 8 nitrogen and oxygen atoms in total.